The molecule has 12 rings (SSSR count). The number of aromatic nitrogens is 2. The van der Waals surface area contributed by atoms with Gasteiger partial charge in [0.1, 0.15) is 5.58 Å². The van der Waals surface area contributed by atoms with Crippen LogP contribution in [0.5, 0.6) is 0 Å². The third-order valence-corrected chi connectivity index (χ3v) is 11.4. The second-order valence-corrected chi connectivity index (χ2v) is 14.1. The monoisotopic (exact) mass is 662 g/mol. The molecule has 3 heterocycles. The second kappa shape index (κ2) is 10.3. The Kier molecular flexibility index (Phi) is 5.56. The fraction of sp³-hybridized carbons (Fsp3) is 0.0204. The van der Waals surface area contributed by atoms with Crippen molar-refractivity contribution in [2.24, 2.45) is 0 Å². The third kappa shape index (κ3) is 3.74. The van der Waals surface area contributed by atoms with Crippen LogP contribution >= 0.6 is 0 Å². The van der Waals surface area contributed by atoms with Crippen molar-refractivity contribution in [2.45, 2.75) is 6.42 Å². The number of benzene rings is 8. The summed E-state index contributed by atoms with van der Waals surface area (Å²) in [5.74, 6) is 0. The van der Waals surface area contributed by atoms with Gasteiger partial charge in [-0.2, -0.15) is 0 Å². The number of rotatable bonds is 3. The van der Waals surface area contributed by atoms with Gasteiger partial charge in [0.05, 0.1) is 33.4 Å². The zero-order valence-corrected chi connectivity index (χ0v) is 28.2. The van der Waals surface area contributed by atoms with Crippen LogP contribution in [0.3, 0.4) is 0 Å². The van der Waals surface area contributed by atoms with E-state index >= 15 is 0 Å². The Morgan fingerprint density at radius 1 is 0.385 bits per heavy atom. The Hall–Kier alpha value is -6.84. The lowest BCUT2D eigenvalue weighted by atomic mass is 9.97. The van der Waals surface area contributed by atoms with Crippen LogP contribution in [0, 0.1) is 0 Å². The molecule has 52 heavy (non-hydrogen) atoms. The van der Waals surface area contributed by atoms with Gasteiger partial charge in [0.25, 0.3) is 0 Å². The summed E-state index contributed by atoms with van der Waals surface area (Å²) in [7, 11) is 0. The van der Waals surface area contributed by atoms with Crippen LogP contribution in [0.15, 0.2) is 174 Å². The Morgan fingerprint density at radius 2 is 0.904 bits per heavy atom. The standard InChI is InChI=1S/C49H30N2O/c1-5-17-42-34(11-1)35-12-2-6-18-43(35)50(42)46-21-9-15-33-39-27-30(23-24-32(39)29-40(33)46)31-25-26-48-41(28-31)38-16-10-22-47(49(38)52-48)51-44-19-7-3-13-36(44)37-14-4-8-20-45(37)51/h1-28H,29H2. The van der Waals surface area contributed by atoms with Crippen LogP contribution in [-0.2, 0) is 6.42 Å². The van der Waals surface area contributed by atoms with Gasteiger partial charge in [0.2, 0.25) is 0 Å². The summed E-state index contributed by atoms with van der Waals surface area (Å²) in [6.45, 7) is 0. The molecule has 1 aliphatic rings. The van der Waals surface area contributed by atoms with Gasteiger partial charge in [-0.15, -0.1) is 0 Å². The molecule has 3 nitrogen and oxygen atoms in total. The molecular formula is C49H30N2O. The first kappa shape index (κ1) is 27.9. The number of para-hydroxylation sites is 5. The summed E-state index contributed by atoms with van der Waals surface area (Å²) in [6.07, 6.45) is 0.916. The minimum atomic E-state index is 0.897. The van der Waals surface area contributed by atoms with Crippen molar-refractivity contribution in [3.05, 3.63) is 181 Å². The Morgan fingerprint density at radius 3 is 1.56 bits per heavy atom. The fourth-order valence-corrected chi connectivity index (χ4v) is 9.08. The van der Waals surface area contributed by atoms with E-state index in [1.807, 2.05) is 0 Å². The number of hydrogen-bond donors (Lipinski definition) is 0. The fourth-order valence-electron chi connectivity index (χ4n) is 9.08. The topological polar surface area (TPSA) is 23.0 Å². The lowest BCUT2D eigenvalue weighted by Gasteiger charge is -2.13. The SMILES string of the molecule is c1cc2c(c(-n3c4ccccc4c4ccccc43)c1)Cc1ccc(-c3ccc4oc5c(-n6c7ccccc7c7ccccc76)cccc5c4c3)cc1-2. The lowest BCUT2D eigenvalue weighted by Crippen LogP contribution is -1.98. The van der Waals surface area contributed by atoms with E-state index in [9.17, 15) is 0 Å². The molecule has 0 amide bonds. The highest BCUT2D eigenvalue weighted by Gasteiger charge is 2.24. The summed E-state index contributed by atoms with van der Waals surface area (Å²) in [5, 5.41) is 7.32. The average Bonchev–Trinajstić information content (AvgIpc) is 3.95. The Labute approximate surface area is 299 Å². The van der Waals surface area contributed by atoms with E-state index in [0.717, 1.165) is 34.0 Å². The largest absolute Gasteiger partial charge is 0.454 e. The van der Waals surface area contributed by atoms with Crippen molar-refractivity contribution in [3.63, 3.8) is 0 Å². The van der Waals surface area contributed by atoms with Crippen LogP contribution in [0.4, 0.5) is 0 Å². The predicted octanol–water partition coefficient (Wildman–Crippen LogP) is 13.0. The smallest absolute Gasteiger partial charge is 0.159 e. The molecule has 11 aromatic rings. The number of furan rings is 1. The maximum atomic E-state index is 6.70. The Balaban J connectivity index is 0.997. The summed E-state index contributed by atoms with van der Waals surface area (Å²) in [4.78, 5) is 0. The molecule has 1 aliphatic carbocycles. The molecule has 0 atom stereocenters. The first-order valence-corrected chi connectivity index (χ1v) is 18.0. The molecule has 3 aromatic heterocycles. The van der Waals surface area contributed by atoms with Crippen molar-refractivity contribution in [3.8, 4) is 33.6 Å². The minimum absolute atomic E-state index is 0.897. The van der Waals surface area contributed by atoms with Crippen LogP contribution in [0.1, 0.15) is 11.1 Å². The molecule has 3 heteroatoms. The normalized spacial score (nSPS) is 12.5. The van der Waals surface area contributed by atoms with Crippen LogP contribution in [0.2, 0.25) is 0 Å². The number of nitrogens with zero attached hydrogens (tertiary/aromatic N) is 2. The minimum Gasteiger partial charge on any atom is -0.454 e. The predicted molar refractivity (Wildman–Crippen MR) is 216 cm³/mol. The molecule has 0 saturated heterocycles. The number of fused-ring (bicyclic) bond motifs is 12. The van der Waals surface area contributed by atoms with Crippen molar-refractivity contribution in [1.29, 1.82) is 0 Å². The van der Waals surface area contributed by atoms with Gasteiger partial charge in [-0.05, 0) is 88.0 Å². The zero-order valence-electron chi connectivity index (χ0n) is 28.2. The Bertz CT molecular complexity index is 3170. The van der Waals surface area contributed by atoms with Crippen molar-refractivity contribution in [1.82, 2.24) is 9.13 Å². The number of hydrogen-bond acceptors (Lipinski definition) is 1. The van der Waals surface area contributed by atoms with E-state index in [2.05, 4.69) is 179 Å². The van der Waals surface area contributed by atoms with Gasteiger partial charge in [-0.3, -0.25) is 0 Å². The van der Waals surface area contributed by atoms with E-state index < -0.39 is 0 Å². The first-order valence-electron chi connectivity index (χ1n) is 18.0. The highest BCUT2D eigenvalue weighted by Crippen LogP contribution is 2.44. The second-order valence-electron chi connectivity index (χ2n) is 14.1. The third-order valence-electron chi connectivity index (χ3n) is 11.4. The van der Waals surface area contributed by atoms with Crippen molar-refractivity contribution in [2.75, 3.05) is 0 Å². The molecule has 0 radical (unpaired) electrons. The average molecular weight is 663 g/mol. The van der Waals surface area contributed by atoms with Crippen molar-refractivity contribution >= 4 is 65.6 Å². The van der Waals surface area contributed by atoms with Crippen LogP contribution < -0.4 is 0 Å². The van der Waals surface area contributed by atoms with E-state index in [1.165, 1.54) is 82.7 Å². The van der Waals surface area contributed by atoms with Crippen LogP contribution in [-0.4, -0.2) is 9.13 Å². The molecule has 0 saturated carbocycles. The molecule has 0 fully saturated rings. The van der Waals surface area contributed by atoms with Gasteiger partial charge < -0.3 is 13.6 Å². The molecule has 0 bridgehead atoms. The van der Waals surface area contributed by atoms with Gasteiger partial charge in [-0.1, -0.05) is 115 Å². The molecule has 0 aliphatic heterocycles. The van der Waals surface area contributed by atoms with Gasteiger partial charge in [0.15, 0.2) is 5.58 Å². The first-order chi connectivity index (χ1) is 25.8. The van der Waals surface area contributed by atoms with Gasteiger partial charge in [0, 0.05) is 38.7 Å². The highest BCUT2D eigenvalue weighted by molar-refractivity contribution is 6.13. The summed E-state index contributed by atoms with van der Waals surface area (Å²) >= 11 is 0. The van der Waals surface area contributed by atoms with Gasteiger partial charge in [-0.25, -0.2) is 0 Å². The van der Waals surface area contributed by atoms with E-state index in [-0.39, 0.29) is 0 Å². The summed E-state index contributed by atoms with van der Waals surface area (Å²) in [6, 6.07) is 61.8. The van der Waals surface area contributed by atoms with E-state index in [1.54, 1.807) is 0 Å². The highest BCUT2D eigenvalue weighted by atomic mass is 16.3. The molecule has 8 aromatic carbocycles. The quantitative estimate of drug-likeness (QED) is 0.185. The maximum Gasteiger partial charge on any atom is 0.159 e. The lowest BCUT2D eigenvalue weighted by molar-refractivity contribution is 0.666. The van der Waals surface area contributed by atoms with Gasteiger partial charge >= 0.3 is 0 Å². The molecule has 0 unspecified atom stereocenters. The zero-order chi connectivity index (χ0) is 33.9. The molecule has 242 valence electrons. The molecular weight excluding hydrogens is 633 g/mol. The molecule has 0 spiro atoms. The van der Waals surface area contributed by atoms with Crippen molar-refractivity contribution < 1.29 is 4.42 Å². The molecule has 0 N–H and O–H groups in total. The maximum absolute atomic E-state index is 6.70. The van der Waals surface area contributed by atoms with E-state index in [4.69, 9.17) is 4.42 Å². The van der Waals surface area contributed by atoms with E-state index in [0.29, 0.717) is 0 Å². The summed E-state index contributed by atoms with van der Waals surface area (Å²) < 4.78 is 11.5. The summed E-state index contributed by atoms with van der Waals surface area (Å²) in [5.41, 5.74) is 16.8. The van der Waals surface area contributed by atoms with Crippen LogP contribution in [0.25, 0.3) is 99.2 Å².